The van der Waals surface area contributed by atoms with E-state index in [0.717, 1.165) is 5.56 Å². The van der Waals surface area contributed by atoms with Gasteiger partial charge in [-0.3, -0.25) is 0 Å². The van der Waals surface area contributed by atoms with Gasteiger partial charge in [0.25, 0.3) is 0 Å². The molecule has 2 nitrogen and oxygen atoms in total. The van der Waals surface area contributed by atoms with Crippen molar-refractivity contribution in [1.82, 2.24) is 5.32 Å². The molecular weight excluding hydrogens is 302 g/mol. The molecule has 1 unspecified atom stereocenters. The summed E-state index contributed by atoms with van der Waals surface area (Å²) >= 11 is 6.14. The van der Waals surface area contributed by atoms with Crippen LogP contribution in [0.1, 0.15) is 11.7 Å². The Balaban J connectivity index is 2.76. The fourth-order valence-electron chi connectivity index (χ4n) is 3.00. The van der Waals surface area contributed by atoms with Crippen molar-refractivity contribution in [3.63, 3.8) is 0 Å². The zero-order valence-electron chi connectivity index (χ0n) is 13.5. The van der Waals surface area contributed by atoms with Gasteiger partial charge in [0, 0.05) is 17.1 Å². The Bertz CT molecular complexity index is 426. The average Bonchev–Trinajstić information content (AvgIpc) is 2.25. The van der Waals surface area contributed by atoms with Gasteiger partial charge in [0.05, 0.1) is 22.3 Å². The topological polar surface area (TPSA) is 32.3 Å². The highest BCUT2D eigenvalue weighted by Crippen LogP contribution is 2.24. The molecule has 0 aliphatic rings. The van der Waals surface area contributed by atoms with Gasteiger partial charge in [-0.1, -0.05) is 69.1 Å². The van der Waals surface area contributed by atoms with Crippen LogP contribution in [0.15, 0.2) is 24.3 Å². The van der Waals surface area contributed by atoms with Crippen molar-refractivity contribution in [3.8, 4) is 0 Å². The maximum Gasteiger partial charge on any atom is 0.0928 e. The molecule has 5 heteroatoms. The van der Waals surface area contributed by atoms with Gasteiger partial charge in [0.2, 0.25) is 0 Å². The summed E-state index contributed by atoms with van der Waals surface area (Å²) in [4.78, 5) is 0. The van der Waals surface area contributed by atoms with Crippen molar-refractivity contribution in [2.24, 2.45) is 0 Å². The first kappa shape index (κ1) is 17.9. The molecule has 1 aromatic rings. The molecule has 0 bridgehead atoms. The highest BCUT2D eigenvalue weighted by atomic mass is 35.5. The first-order valence-electron chi connectivity index (χ1n) is 7.19. The number of hydrogen-bond donors (Lipinski definition) is 2. The standard InChI is InChI=1S/C15H28ClNOSi2/c1-19(2,3)15(20(4,5)6)17-11-14(18)12-9-7-8-10-13(12)16/h7-10,14-15,17-18H,11H2,1-6H3. The molecular formula is C15H28ClNOSi2. The number of rotatable bonds is 6. The van der Waals surface area contributed by atoms with Crippen LogP contribution >= 0.6 is 11.6 Å². The summed E-state index contributed by atoms with van der Waals surface area (Å²) in [7, 11) is -2.59. The Kier molecular flexibility index (Phi) is 6.05. The third-order valence-corrected chi connectivity index (χ3v) is 12.9. The maximum atomic E-state index is 10.4. The van der Waals surface area contributed by atoms with Crippen LogP contribution in [0.25, 0.3) is 0 Å². The monoisotopic (exact) mass is 329 g/mol. The normalized spacial score (nSPS) is 14.7. The van der Waals surface area contributed by atoms with Crippen molar-refractivity contribution in [1.29, 1.82) is 0 Å². The molecule has 0 saturated heterocycles. The molecule has 20 heavy (non-hydrogen) atoms. The molecule has 0 amide bonds. The number of aliphatic hydroxyl groups is 1. The minimum Gasteiger partial charge on any atom is -0.387 e. The fourth-order valence-corrected chi connectivity index (χ4v) is 15.1. The summed E-state index contributed by atoms with van der Waals surface area (Å²) in [6, 6.07) is 7.53. The van der Waals surface area contributed by atoms with Gasteiger partial charge in [-0.05, 0) is 11.4 Å². The smallest absolute Gasteiger partial charge is 0.0928 e. The molecule has 0 fully saturated rings. The van der Waals surface area contributed by atoms with Crippen molar-refractivity contribution in [2.45, 2.75) is 50.7 Å². The molecule has 2 N–H and O–H groups in total. The minimum absolute atomic E-state index is 0.543. The summed E-state index contributed by atoms with van der Waals surface area (Å²) in [5, 5.41) is 15.2. The molecule has 0 heterocycles. The number of halogens is 1. The Labute approximate surface area is 130 Å². The van der Waals surface area contributed by atoms with Gasteiger partial charge in [-0.2, -0.15) is 0 Å². The van der Waals surface area contributed by atoms with E-state index in [9.17, 15) is 5.11 Å². The average molecular weight is 330 g/mol. The highest BCUT2D eigenvalue weighted by Gasteiger charge is 2.37. The zero-order valence-corrected chi connectivity index (χ0v) is 16.3. The Morgan fingerprint density at radius 2 is 1.55 bits per heavy atom. The summed E-state index contributed by atoms with van der Waals surface area (Å²) in [6.45, 7) is 14.9. The highest BCUT2D eigenvalue weighted by molar-refractivity contribution is 6.96. The second kappa shape index (κ2) is 6.75. The Hall–Kier alpha value is -0.136. The third kappa shape index (κ3) is 5.00. The minimum atomic E-state index is -1.30. The predicted molar refractivity (Wildman–Crippen MR) is 94.9 cm³/mol. The molecule has 0 saturated carbocycles. The third-order valence-electron chi connectivity index (χ3n) is 3.51. The summed E-state index contributed by atoms with van der Waals surface area (Å²) < 4.78 is 0. The van der Waals surface area contributed by atoms with Crippen LogP contribution in [0.2, 0.25) is 44.3 Å². The van der Waals surface area contributed by atoms with Crippen LogP contribution in [0.3, 0.4) is 0 Å². The molecule has 114 valence electrons. The van der Waals surface area contributed by atoms with Crippen LogP contribution in [0.5, 0.6) is 0 Å². The van der Waals surface area contributed by atoms with Crippen molar-refractivity contribution in [2.75, 3.05) is 6.54 Å². The molecule has 0 aromatic heterocycles. The predicted octanol–water partition coefficient (Wildman–Crippen LogP) is 4.09. The van der Waals surface area contributed by atoms with E-state index in [2.05, 4.69) is 44.6 Å². The maximum absolute atomic E-state index is 10.4. The van der Waals surface area contributed by atoms with Gasteiger partial charge < -0.3 is 10.4 Å². The molecule has 1 rings (SSSR count). The Morgan fingerprint density at radius 1 is 1.05 bits per heavy atom. The van der Waals surface area contributed by atoms with Gasteiger partial charge in [-0.15, -0.1) is 0 Å². The van der Waals surface area contributed by atoms with Crippen molar-refractivity contribution >= 4 is 27.7 Å². The molecule has 1 atom stereocenters. The lowest BCUT2D eigenvalue weighted by Gasteiger charge is -2.39. The number of hydrogen-bond acceptors (Lipinski definition) is 2. The second-order valence-electron chi connectivity index (χ2n) is 7.61. The SMILES string of the molecule is C[Si](C)(C)C(NCC(O)c1ccccc1Cl)[Si](C)(C)C. The van der Waals surface area contributed by atoms with Crippen molar-refractivity contribution < 1.29 is 5.11 Å². The van der Waals surface area contributed by atoms with E-state index in [1.807, 2.05) is 24.3 Å². The lowest BCUT2D eigenvalue weighted by molar-refractivity contribution is 0.175. The van der Waals surface area contributed by atoms with Crippen LogP contribution in [0.4, 0.5) is 0 Å². The summed E-state index contributed by atoms with van der Waals surface area (Å²) in [6.07, 6.45) is -0.543. The summed E-state index contributed by atoms with van der Waals surface area (Å²) in [5.74, 6) is 0. The molecule has 0 radical (unpaired) electrons. The lowest BCUT2D eigenvalue weighted by Crippen LogP contribution is -2.62. The zero-order chi connectivity index (χ0) is 15.6. The quantitative estimate of drug-likeness (QED) is 0.770. The lowest BCUT2D eigenvalue weighted by atomic mass is 10.1. The van der Waals surface area contributed by atoms with Crippen LogP contribution in [-0.2, 0) is 0 Å². The van der Waals surface area contributed by atoms with Gasteiger partial charge in [-0.25, -0.2) is 0 Å². The first-order valence-corrected chi connectivity index (χ1v) is 14.7. The van der Waals surface area contributed by atoms with Crippen molar-refractivity contribution in [3.05, 3.63) is 34.9 Å². The summed E-state index contributed by atoms with van der Waals surface area (Å²) in [5.41, 5.74) is 0.812. The van der Waals surface area contributed by atoms with E-state index in [1.54, 1.807) is 0 Å². The molecule has 0 aliphatic heterocycles. The van der Waals surface area contributed by atoms with Crippen LogP contribution in [0, 0.1) is 0 Å². The van der Waals surface area contributed by atoms with Crippen LogP contribution < -0.4 is 5.32 Å². The van der Waals surface area contributed by atoms with E-state index >= 15 is 0 Å². The van der Waals surface area contributed by atoms with Crippen LogP contribution in [-0.4, -0.2) is 33.1 Å². The van der Waals surface area contributed by atoms with E-state index in [1.165, 1.54) is 0 Å². The van der Waals surface area contributed by atoms with Gasteiger partial charge in [0.1, 0.15) is 0 Å². The first-order chi connectivity index (χ1) is 9.03. The molecule has 0 spiro atoms. The fraction of sp³-hybridized carbons (Fsp3) is 0.600. The van der Waals surface area contributed by atoms with E-state index in [4.69, 9.17) is 11.6 Å². The Morgan fingerprint density at radius 3 is 2.00 bits per heavy atom. The molecule has 1 aromatic carbocycles. The van der Waals surface area contributed by atoms with Gasteiger partial charge in [0.15, 0.2) is 0 Å². The second-order valence-corrected chi connectivity index (χ2v) is 19.2. The molecule has 0 aliphatic carbocycles. The number of aliphatic hydroxyl groups excluding tert-OH is 1. The number of nitrogens with one attached hydrogen (secondary N) is 1. The largest absolute Gasteiger partial charge is 0.387 e. The van der Waals surface area contributed by atoms with E-state index in [-0.39, 0.29) is 0 Å². The number of benzene rings is 1. The van der Waals surface area contributed by atoms with E-state index in [0.29, 0.717) is 16.9 Å². The van der Waals surface area contributed by atoms with Gasteiger partial charge >= 0.3 is 0 Å². The van der Waals surface area contributed by atoms with E-state index < -0.39 is 22.3 Å².